The molecular formula is C7H14NO12P3-4. The standard InChI is InChI=1S/C7H18NO12P3/c1-5-2-6(9)7(3-8,18-5)4-17-22(13,14)20-23(15,16)19-21(10,11)12/h5-6,9H,2-4,8H2,1H3,(H,13,14)(H,15,16)(H2,10,11,12)/p-4. The summed E-state index contributed by atoms with van der Waals surface area (Å²) in [7, 11) is -17.7. The van der Waals surface area contributed by atoms with Crippen LogP contribution in [0.15, 0.2) is 0 Å². The van der Waals surface area contributed by atoms with E-state index in [-0.39, 0.29) is 13.0 Å². The molecule has 5 unspecified atom stereocenters. The summed E-state index contributed by atoms with van der Waals surface area (Å²) in [5, 5.41) is 9.81. The topological polar surface area (TPSA) is 227 Å². The summed E-state index contributed by atoms with van der Waals surface area (Å²) in [4.78, 5) is 42.7. The predicted molar refractivity (Wildman–Crippen MR) is 63.9 cm³/mol. The zero-order chi connectivity index (χ0) is 18.1. The molecule has 0 aromatic rings. The second-order valence-electron chi connectivity index (χ2n) is 4.73. The van der Waals surface area contributed by atoms with Crippen molar-refractivity contribution in [2.45, 2.75) is 31.2 Å². The van der Waals surface area contributed by atoms with Gasteiger partial charge in [0, 0.05) is 13.0 Å². The molecule has 0 amide bonds. The van der Waals surface area contributed by atoms with Crippen molar-refractivity contribution in [1.82, 2.24) is 0 Å². The molecule has 1 heterocycles. The lowest BCUT2D eigenvalue weighted by Crippen LogP contribution is -2.50. The highest BCUT2D eigenvalue weighted by Gasteiger charge is 2.47. The molecule has 0 saturated carbocycles. The smallest absolute Gasteiger partial charge is 0.278 e. The minimum Gasteiger partial charge on any atom is -0.790 e. The first-order valence-corrected chi connectivity index (χ1v) is 10.4. The van der Waals surface area contributed by atoms with Crippen LogP contribution in [0.25, 0.3) is 0 Å². The highest BCUT2D eigenvalue weighted by atomic mass is 31.3. The number of rotatable bonds is 8. The van der Waals surface area contributed by atoms with E-state index < -0.39 is 47.9 Å². The Hall–Kier alpha value is 0.290. The van der Waals surface area contributed by atoms with Gasteiger partial charge in [-0.3, -0.25) is 13.4 Å². The van der Waals surface area contributed by atoms with Crippen LogP contribution in [0.2, 0.25) is 0 Å². The molecule has 0 bridgehead atoms. The number of hydrogen-bond donors (Lipinski definition) is 2. The maximum atomic E-state index is 11.4. The normalized spacial score (nSPS) is 34.0. The van der Waals surface area contributed by atoms with Crippen LogP contribution < -0.4 is 25.3 Å². The fraction of sp³-hybridized carbons (Fsp3) is 1.00. The van der Waals surface area contributed by atoms with Gasteiger partial charge >= 0.3 is 0 Å². The Morgan fingerprint density at radius 2 is 1.78 bits per heavy atom. The highest BCUT2D eigenvalue weighted by molar-refractivity contribution is 7.64. The molecule has 23 heavy (non-hydrogen) atoms. The molecule has 1 aliphatic rings. The van der Waals surface area contributed by atoms with Gasteiger partial charge in [-0.25, -0.2) is 4.31 Å². The Balaban J connectivity index is 2.74. The Morgan fingerprint density at radius 3 is 2.17 bits per heavy atom. The molecule has 1 fully saturated rings. The quantitative estimate of drug-likeness (QED) is 0.382. The van der Waals surface area contributed by atoms with Crippen LogP contribution in [0.4, 0.5) is 0 Å². The van der Waals surface area contributed by atoms with Gasteiger partial charge in [-0.1, -0.05) is 0 Å². The number of phosphoric ester groups is 1. The minimum atomic E-state index is -6.05. The van der Waals surface area contributed by atoms with Crippen molar-refractivity contribution < 1.29 is 56.3 Å². The molecule has 138 valence electrons. The van der Waals surface area contributed by atoms with E-state index in [0.717, 1.165) is 0 Å². The van der Waals surface area contributed by atoms with E-state index in [9.17, 15) is 38.4 Å². The lowest BCUT2D eigenvalue weighted by atomic mass is 9.98. The van der Waals surface area contributed by atoms with Gasteiger partial charge in [0.1, 0.15) is 5.60 Å². The minimum absolute atomic E-state index is 0.128. The summed E-state index contributed by atoms with van der Waals surface area (Å²) >= 11 is 0. The van der Waals surface area contributed by atoms with Crippen molar-refractivity contribution in [3.8, 4) is 0 Å². The van der Waals surface area contributed by atoms with Crippen LogP contribution >= 0.6 is 23.5 Å². The molecule has 13 nitrogen and oxygen atoms in total. The van der Waals surface area contributed by atoms with Crippen LogP contribution in [0.1, 0.15) is 13.3 Å². The van der Waals surface area contributed by atoms with Gasteiger partial charge in [-0.2, -0.15) is 0 Å². The van der Waals surface area contributed by atoms with E-state index in [2.05, 4.69) is 13.1 Å². The number of hydrogen-bond acceptors (Lipinski definition) is 13. The molecule has 1 aliphatic heterocycles. The molecule has 16 heteroatoms. The van der Waals surface area contributed by atoms with Gasteiger partial charge in [-0.05, 0) is 6.92 Å². The van der Waals surface area contributed by atoms with Gasteiger partial charge in [0.15, 0.2) is 0 Å². The molecule has 1 rings (SSSR count). The summed E-state index contributed by atoms with van der Waals surface area (Å²) in [5.41, 5.74) is 3.78. The Morgan fingerprint density at radius 1 is 1.22 bits per heavy atom. The first-order valence-electron chi connectivity index (χ1n) is 5.98. The van der Waals surface area contributed by atoms with Crippen molar-refractivity contribution in [3.63, 3.8) is 0 Å². The molecule has 3 N–H and O–H groups in total. The Bertz CT molecular complexity index is 563. The molecular weight excluding hydrogens is 383 g/mol. The molecule has 5 atom stereocenters. The molecule has 0 aromatic heterocycles. The van der Waals surface area contributed by atoms with Crippen molar-refractivity contribution in [2.24, 2.45) is 5.73 Å². The van der Waals surface area contributed by atoms with E-state index >= 15 is 0 Å². The van der Waals surface area contributed by atoms with Gasteiger partial charge in [0.05, 0.1) is 26.6 Å². The zero-order valence-corrected chi connectivity index (χ0v) is 14.3. The average Bonchev–Trinajstić information content (AvgIpc) is 2.57. The Labute approximate surface area is 130 Å². The lowest BCUT2D eigenvalue weighted by Gasteiger charge is -2.38. The maximum absolute atomic E-state index is 11.4. The van der Waals surface area contributed by atoms with Crippen LogP contribution in [0.5, 0.6) is 0 Å². The SMILES string of the molecule is CC1CC(O)C(CN)(COP(=O)([O-])OP(=O)([O-])OP(=O)([O-])[O-])O1. The molecule has 0 aliphatic carbocycles. The summed E-state index contributed by atoms with van der Waals surface area (Å²) in [6.45, 7) is 0.316. The summed E-state index contributed by atoms with van der Waals surface area (Å²) < 4.78 is 48.5. The van der Waals surface area contributed by atoms with E-state index in [1.54, 1.807) is 6.92 Å². The van der Waals surface area contributed by atoms with Crippen LogP contribution in [-0.2, 0) is 31.6 Å². The van der Waals surface area contributed by atoms with Gasteiger partial charge in [-0.15, -0.1) is 0 Å². The van der Waals surface area contributed by atoms with Gasteiger partial charge in [0.25, 0.3) is 15.6 Å². The first kappa shape index (κ1) is 21.3. The summed E-state index contributed by atoms with van der Waals surface area (Å²) in [6, 6.07) is 0. The zero-order valence-electron chi connectivity index (χ0n) is 11.6. The fourth-order valence-electron chi connectivity index (χ4n) is 1.90. The third-order valence-electron chi connectivity index (χ3n) is 2.81. The average molecular weight is 397 g/mol. The van der Waals surface area contributed by atoms with Gasteiger partial charge < -0.3 is 44.2 Å². The molecule has 0 radical (unpaired) electrons. The van der Waals surface area contributed by atoms with Crippen molar-refractivity contribution in [3.05, 3.63) is 0 Å². The number of phosphoric acid groups is 3. The van der Waals surface area contributed by atoms with E-state index in [1.165, 1.54) is 0 Å². The molecule has 0 spiro atoms. The Kier molecular flexibility index (Phi) is 6.74. The molecule has 0 aromatic carbocycles. The number of aliphatic hydroxyl groups excluding tert-OH is 1. The van der Waals surface area contributed by atoms with E-state index in [4.69, 9.17) is 10.5 Å². The van der Waals surface area contributed by atoms with Crippen molar-refractivity contribution in [1.29, 1.82) is 0 Å². The lowest BCUT2D eigenvalue weighted by molar-refractivity contribution is -0.339. The monoisotopic (exact) mass is 397 g/mol. The predicted octanol–water partition coefficient (Wildman–Crippen LogP) is -3.33. The number of nitrogens with two attached hydrogens (primary N) is 1. The van der Waals surface area contributed by atoms with E-state index in [1.807, 2.05) is 0 Å². The maximum Gasteiger partial charge on any atom is 0.278 e. The van der Waals surface area contributed by atoms with Gasteiger partial charge in [0.2, 0.25) is 0 Å². The fourth-order valence-corrected chi connectivity index (χ4v) is 4.81. The summed E-state index contributed by atoms with van der Waals surface area (Å²) in [6.07, 6.45) is -1.53. The van der Waals surface area contributed by atoms with Crippen LogP contribution in [0, 0.1) is 0 Å². The molecule has 1 saturated heterocycles. The number of ether oxygens (including phenoxy) is 1. The summed E-state index contributed by atoms with van der Waals surface area (Å²) in [5.74, 6) is 0. The van der Waals surface area contributed by atoms with Crippen LogP contribution in [0.3, 0.4) is 0 Å². The largest absolute Gasteiger partial charge is 0.790 e. The second kappa shape index (κ2) is 7.27. The highest BCUT2D eigenvalue weighted by Crippen LogP contribution is 2.60. The first-order chi connectivity index (χ1) is 10.2. The third-order valence-corrected chi connectivity index (χ3v) is 6.46. The third kappa shape index (κ3) is 6.60. The van der Waals surface area contributed by atoms with Crippen LogP contribution in [-0.4, -0.2) is 36.1 Å². The number of aliphatic hydroxyl groups is 1. The van der Waals surface area contributed by atoms with Crippen molar-refractivity contribution >= 4 is 23.5 Å². The van der Waals surface area contributed by atoms with Crippen molar-refractivity contribution in [2.75, 3.05) is 13.2 Å². The second-order valence-corrected chi connectivity index (χ2v) is 8.98. The van der Waals surface area contributed by atoms with E-state index in [0.29, 0.717) is 0 Å².